The molecule has 4 rings (SSSR count). The summed E-state index contributed by atoms with van der Waals surface area (Å²) in [6.07, 6.45) is 0. The molecule has 160 valence electrons. The summed E-state index contributed by atoms with van der Waals surface area (Å²) in [5, 5.41) is 10.2. The first-order chi connectivity index (χ1) is 14.3. The van der Waals surface area contributed by atoms with Gasteiger partial charge in [-0.25, -0.2) is 4.98 Å². The van der Waals surface area contributed by atoms with E-state index in [9.17, 15) is 14.7 Å². The van der Waals surface area contributed by atoms with Crippen LogP contribution in [0.3, 0.4) is 0 Å². The number of aromatic nitrogens is 2. The van der Waals surface area contributed by atoms with Crippen LogP contribution in [0.1, 0.15) is 27.4 Å². The van der Waals surface area contributed by atoms with E-state index >= 15 is 0 Å². The summed E-state index contributed by atoms with van der Waals surface area (Å²) >= 11 is 0. The minimum atomic E-state index is -0.341. The number of carbonyl (C=O) groups excluding carboxylic acids is 1. The average Bonchev–Trinajstić information content (AvgIpc) is 3.20. The lowest BCUT2D eigenvalue weighted by Gasteiger charge is -2.27. The molecule has 0 aliphatic carbocycles. The van der Waals surface area contributed by atoms with Crippen molar-refractivity contribution in [2.75, 3.05) is 39.9 Å². The lowest BCUT2D eigenvalue weighted by atomic mass is 9.82. The van der Waals surface area contributed by atoms with E-state index in [2.05, 4.69) is 14.9 Å². The van der Waals surface area contributed by atoms with Crippen LogP contribution < -0.4 is 10.3 Å². The SMILES string of the molecule is COc1ccc(C(=O)N2C[C@@H]3CN(Cc4cc(=O)[nH]c(C)n4)C[C@]3(CO)C2)c(C)c1. The second-order valence-corrected chi connectivity index (χ2v) is 8.58. The number of fused-ring (bicyclic) bond motifs is 1. The van der Waals surface area contributed by atoms with Crippen molar-refractivity contribution in [2.24, 2.45) is 11.3 Å². The molecule has 2 aliphatic rings. The van der Waals surface area contributed by atoms with Crippen LogP contribution >= 0.6 is 0 Å². The molecule has 1 aromatic carbocycles. The van der Waals surface area contributed by atoms with Gasteiger partial charge in [-0.1, -0.05) is 0 Å². The minimum Gasteiger partial charge on any atom is -0.497 e. The standard InChI is InChI=1S/C22H28N4O4/c1-14-6-18(30-3)4-5-19(14)21(29)26-9-16-8-25(11-22(16,12-26)13-27)10-17-7-20(28)24-15(2)23-17/h4-7,16,27H,8-13H2,1-3H3,(H,23,24,28)/t16-,22+/m0/s1. The van der Waals surface area contributed by atoms with Crippen LogP contribution in [0.2, 0.25) is 0 Å². The van der Waals surface area contributed by atoms with E-state index in [1.807, 2.05) is 24.0 Å². The summed E-state index contributed by atoms with van der Waals surface area (Å²) < 4.78 is 5.23. The number of H-pyrrole nitrogens is 1. The minimum absolute atomic E-state index is 0.00388. The normalized spacial score (nSPS) is 23.6. The number of nitrogens with one attached hydrogen (secondary N) is 1. The molecule has 2 atom stereocenters. The average molecular weight is 412 g/mol. The van der Waals surface area contributed by atoms with E-state index < -0.39 is 0 Å². The third-order valence-electron chi connectivity index (χ3n) is 6.39. The molecule has 30 heavy (non-hydrogen) atoms. The lowest BCUT2D eigenvalue weighted by molar-refractivity contribution is 0.0717. The van der Waals surface area contributed by atoms with Gasteiger partial charge in [-0.05, 0) is 43.5 Å². The molecule has 2 aliphatic heterocycles. The molecule has 0 saturated carbocycles. The zero-order valence-corrected chi connectivity index (χ0v) is 17.6. The van der Waals surface area contributed by atoms with Crippen molar-refractivity contribution in [3.05, 3.63) is 57.3 Å². The number of aryl methyl sites for hydroxylation is 2. The Bertz CT molecular complexity index is 1020. The summed E-state index contributed by atoms with van der Waals surface area (Å²) in [5.41, 5.74) is 1.79. The monoisotopic (exact) mass is 412 g/mol. The Morgan fingerprint density at radius 1 is 1.30 bits per heavy atom. The van der Waals surface area contributed by atoms with Crippen LogP contribution in [0.15, 0.2) is 29.1 Å². The van der Waals surface area contributed by atoms with Gasteiger partial charge in [-0.15, -0.1) is 0 Å². The van der Waals surface area contributed by atoms with Gasteiger partial charge in [0.1, 0.15) is 11.6 Å². The van der Waals surface area contributed by atoms with E-state index in [1.165, 1.54) is 6.07 Å². The Labute approximate surface area is 175 Å². The van der Waals surface area contributed by atoms with Crippen molar-refractivity contribution >= 4 is 5.91 Å². The molecule has 2 N–H and O–H groups in total. The van der Waals surface area contributed by atoms with Crippen molar-refractivity contribution in [1.29, 1.82) is 0 Å². The number of amides is 1. The highest BCUT2D eigenvalue weighted by atomic mass is 16.5. The van der Waals surface area contributed by atoms with Crippen LogP contribution in [0.4, 0.5) is 0 Å². The van der Waals surface area contributed by atoms with Crippen molar-refractivity contribution in [3.63, 3.8) is 0 Å². The Hall–Kier alpha value is -2.71. The number of benzene rings is 1. The number of hydrogen-bond acceptors (Lipinski definition) is 6. The molecule has 8 heteroatoms. The molecular formula is C22H28N4O4. The fraction of sp³-hybridized carbons (Fsp3) is 0.500. The van der Waals surface area contributed by atoms with Gasteiger partial charge < -0.3 is 19.7 Å². The second-order valence-electron chi connectivity index (χ2n) is 8.58. The molecule has 0 radical (unpaired) electrons. The zero-order chi connectivity index (χ0) is 21.5. The molecule has 0 spiro atoms. The van der Waals surface area contributed by atoms with Crippen molar-refractivity contribution in [2.45, 2.75) is 20.4 Å². The van der Waals surface area contributed by atoms with Gasteiger partial charge in [-0.2, -0.15) is 0 Å². The van der Waals surface area contributed by atoms with Crippen LogP contribution in [0.5, 0.6) is 5.75 Å². The molecule has 0 bridgehead atoms. The molecule has 3 heterocycles. The summed E-state index contributed by atoms with van der Waals surface area (Å²) in [6, 6.07) is 7.00. The summed E-state index contributed by atoms with van der Waals surface area (Å²) in [7, 11) is 1.61. The molecule has 1 amide bonds. The predicted octanol–water partition coefficient (Wildman–Crippen LogP) is 0.962. The Balaban J connectivity index is 1.47. The maximum absolute atomic E-state index is 13.1. The molecule has 0 unspecified atom stereocenters. The number of aromatic amines is 1. The topological polar surface area (TPSA) is 98.8 Å². The largest absolute Gasteiger partial charge is 0.497 e. The van der Waals surface area contributed by atoms with Gasteiger partial charge in [0.05, 0.1) is 19.4 Å². The number of rotatable bonds is 5. The van der Waals surface area contributed by atoms with Crippen LogP contribution in [0.25, 0.3) is 0 Å². The third-order valence-corrected chi connectivity index (χ3v) is 6.39. The number of methoxy groups -OCH3 is 1. The van der Waals surface area contributed by atoms with Gasteiger partial charge in [-0.3, -0.25) is 14.5 Å². The third kappa shape index (κ3) is 3.73. The van der Waals surface area contributed by atoms with Gasteiger partial charge in [0.15, 0.2) is 0 Å². The van der Waals surface area contributed by atoms with Crippen LogP contribution in [0, 0.1) is 25.2 Å². The Morgan fingerprint density at radius 2 is 2.10 bits per heavy atom. The number of hydrogen-bond donors (Lipinski definition) is 2. The quantitative estimate of drug-likeness (QED) is 0.759. The van der Waals surface area contributed by atoms with Gasteiger partial charge in [0, 0.05) is 49.8 Å². The van der Waals surface area contributed by atoms with E-state index in [1.54, 1.807) is 20.1 Å². The smallest absolute Gasteiger partial charge is 0.254 e. The van der Waals surface area contributed by atoms with Crippen molar-refractivity contribution < 1.29 is 14.6 Å². The highest BCUT2D eigenvalue weighted by molar-refractivity contribution is 5.96. The second kappa shape index (κ2) is 7.85. The van der Waals surface area contributed by atoms with E-state index in [4.69, 9.17) is 4.74 Å². The number of aliphatic hydroxyl groups excluding tert-OH is 1. The zero-order valence-electron chi connectivity index (χ0n) is 17.6. The molecule has 2 aromatic rings. The number of carbonyl (C=O) groups is 1. The molecule has 2 saturated heterocycles. The first-order valence-electron chi connectivity index (χ1n) is 10.2. The predicted molar refractivity (Wildman–Crippen MR) is 112 cm³/mol. The summed E-state index contributed by atoms with van der Waals surface area (Å²) in [6.45, 7) is 6.85. The van der Waals surface area contributed by atoms with Crippen LogP contribution in [-0.2, 0) is 6.54 Å². The highest BCUT2D eigenvalue weighted by Crippen LogP contribution is 2.43. The molecule has 2 fully saturated rings. The maximum atomic E-state index is 13.1. The summed E-state index contributed by atoms with van der Waals surface area (Å²) in [5.74, 6) is 1.51. The van der Waals surface area contributed by atoms with E-state index in [0.717, 1.165) is 23.6 Å². The fourth-order valence-corrected chi connectivity index (χ4v) is 4.91. The van der Waals surface area contributed by atoms with Gasteiger partial charge >= 0.3 is 0 Å². The van der Waals surface area contributed by atoms with Crippen molar-refractivity contribution in [3.8, 4) is 5.75 Å². The highest BCUT2D eigenvalue weighted by Gasteiger charge is 2.53. The van der Waals surface area contributed by atoms with Crippen LogP contribution in [-0.4, -0.2) is 70.7 Å². The maximum Gasteiger partial charge on any atom is 0.254 e. The molecule has 1 aromatic heterocycles. The lowest BCUT2D eigenvalue weighted by Crippen LogP contribution is -2.39. The number of nitrogens with zero attached hydrogens (tertiary/aromatic N) is 3. The number of aliphatic hydroxyl groups is 1. The van der Waals surface area contributed by atoms with Crippen molar-refractivity contribution in [1.82, 2.24) is 19.8 Å². The van der Waals surface area contributed by atoms with E-state index in [-0.39, 0.29) is 29.4 Å². The molecule has 8 nitrogen and oxygen atoms in total. The number of likely N-dealkylation sites (tertiary alicyclic amines) is 2. The Kier molecular flexibility index (Phi) is 5.38. The summed E-state index contributed by atoms with van der Waals surface area (Å²) in [4.78, 5) is 36.0. The first-order valence-corrected chi connectivity index (χ1v) is 10.2. The van der Waals surface area contributed by atoms with Gasteiger partial charge in [0.2, 0.25) is 0 Å². The van der Waals surface area contributed by atoms with E-state index in [0.29, 0.717) is 37.6 Å². The molecular weight excluding hydrogens is 384 g/mol. The Morgan fingerprint density at radius 3 is 2.73 bits per heavy atom. The fourth-order valence-electron chi connectivity index (χ4n) is 4.91. The first kappa shape index (κ1) is 20.6. The number of ether oxygens (including phenoxy) is 1. The van der Waals surface area contributed by atoms with Gasteiger partial charge in [0.25, 0.3) is 11.5 Å².